The number of hydrogen-bond acceptors (Lipinski definition) is 2. The lowest BCUT2D eigenvalue weighted by molar-refractivity contribution is 0.286. The highest BCUT2D eigenvalue weighted by Crippen LogP contribution is 2.50. The van der Waals surface area contributed by atoms with Gasteiger partial charge in [0, 0.05) is 17.7 Å². The molecule has 98 valence electrons. The molecule has 2 aliphatic rings. The van der Waals surface area contributed by atoms with Crippen molar-refractivity contribution in [1.29, 1.82) is 0 Å². The van der Waals surface area contributed by atoms with E-state index in [9.17, 15) is 0 Å². The first-order valence-electron chi connectivity index (χ1n) is 7.30. The minimum Gasteiger partial charge on any atom is -0.299 e. The molecular weight excluding hydrogens is 238 g/mol. The monoisotopic (exact) mass is 261 g/mol. The number of thioether (sulfide) groups is 1. The summed E-state index contributed by atoms with van der Waals surface area (Å²) in [5.74, 6) is 1.99. The lowest BCUT2D eigenvalue weighted by atomic mass is 9.79. The summed E-state index contributed by atoms with van der Waals surface area (Å²) >= 11 is 2.19. The smallest absolute Gasteiger partial charge is 0.0717 e. The minimum absolute atomic E-state index is 0.334. The summed E-state index contributed by atoms with van der Waals surface area (Å²) < 4.78 is 0. The lowest BCUT2D eigenvalue weighted by Gasteiger charge is -2.41. The van der Waals surface area contributed by atoms with E-state index in [2.05, 4.69) is 54.3 Å². The van der Waals surface area contributed by atoms with Crippen LogP contribution in [0.3, 0.4) is 0 Å². The molecule has 1 saturated heterocycles. The molecule has 1 aromatic carbocycles. The first-order chi connectivity index (χ1) is 8.84. The molecule has 1 aliphatic heterocycles. The van der Waals surface area contributed by atoms with Crippen LogP contribution < -0.4 is 5.32 Å². The molecule has 18 heavy (non-hydrogen) atoms. The summed E-state index contributed by atoms with van der Waals surface area (Å²) in [5.41, 5.74) is 1.54. The molecule has 1 nitrogen and oxygen atoms in total. The zero-order valence-electron chi connectivity index (χ0n) is 11.2. The van der Waals surface area contributed by atoms with Gasteiger partial charge in [-0.05, 0) is 24.8 Å². The van der Waals surface area contributed by atoms with E-state index in [0.717, 1.165) is 6.04 Å². The van der Waals surface area contributed by atoms with Crippen molar-refractivity contribution < 1.29 is 0 Å². The molecule has 1 saturated carbocycles. The van der Waals surface area contributed by atoms with Gasteiger partial charge in [0.05, 0.1) is 4.87 Å². The highest BCUT2D eigenvalue weighted by molar-refractivity contribution is 8.01. The van der Waals surface area contributed by atoms with E-state index in [1.807, 2.05) is 0 Å². The quantitative estimate of drug-likeness (QED) is 0.858. The largest absolute Gasteiger partial charge is 0.299 e. The fourth-order valence-electron chi connectivity index (χ4n) is 3.51. The van der Waals surface area contributed by atoms with Crippen molar-refractivity contribution in [3.05, 3.63) is 35.9 Å². The Morgan fingerprint density at radius 3 is 2.83 bits per heavy atom. The fraction of sp³-hybridized carbons (Fsp3) is 0.625. The van der Waals surface area contributed by atoms with Crippen molar-refractivity contribution in [2.45, 2.75) is 55.9 Å². The second-order valence-electron chi connectivity index (χ2n) is 5.66. The molecule has 0 amide bonds. The van der Waals surface area contributed by atoms with E-state index in [1.165, 1.54) is 43.4 Å². The van der Waals surface area contributed by atoms with Crippen molar-refractivity contribution in [2.75, 3.05) is 5.75 Å². The van der Waals surface area contributed by atoms with Gasteiger partial charge in [0.2, 0.25) is 0 Å². The summed E-state index contributed by atoms with van der Waals surface area (Å²) in [7, 11) is 0. The molecule has 1 heterocycles. The molecule has 2 heteroatoms. The maximum absolute atomic E-state index is 3.97. The zero-order valence-corrected chi connectivity index (χ0v) is 12.0. The first-order valence-corrected chi connectivity index (χ1v) is 8.29. The van der Waals surface area contributed by atoms with Gasteiger partial charge < -0.3 is 0 Å². The fourth-order valence-corrected chi connectivity index (χ4v) is 5.32. The number of hydrogen-bond donors (Lipinski definition) is 1. The average Bonchev–Trinajstić information content (AvgIpc) is 2.84. The Kier molecular flexibility index (Phi) is 3.67. The van der Waals surface area contributed by atoms with Gasteiger partial charge in [-0.15, -0.1) is 11.8 Å². The normalized spacial score (nSPS) is 36.1. The van der Waals surface area contributed by atoms with Crippen molar-refractivity contribution >= 4 is 11.8 Å². The Morgan fingerprint density at radius 2 is 2.11 bits per heavy atom. The second-order valence-corrected chi connectivity index (χ2v) is 7.01. The van der Waals surface area contributed by atoms with E-state index < -0.39 is 0 Å². The SMILES string of the molecule is CCC1CSC2(CCCCC2c2ccccc2)N1. The molecule has 0 bridgehead atoms. The Bertz CT molecular complexity index is 391. The molecule has 3 rings (SSSR count). The van der Waals surface area contributed by atoms with Gasteiger partial charge in [-0.2, -0.15) is 0 Å². The van der Waals surface area contributed by atoms with E-state index in [-0.39, 0.29) is 0 Å². The van der Waals surface area contributed by atoms with Crippen LogP contribution in [0.25, 0.3) is 0 Å². The zero-order chi connectivity index (χ0) is 12.4. The third-order valence-electron chi connectivity index (χ3n) is 4.54. The van der Waals surface area contributed by atoms with E-state index >= 15 is 0 Å². The summed E-state index contributed by atoms with van der Waals surface area (Å²) in [4.78, 5) is 0.334. The van der Waals surface area contributed by atoms with Crippen LogP contribution in [0.15, 0.2) is 30.3 Å². The van der Waals surface area contributed by atoms with Crippen molar-refractivity contribution in [3.8, 4) is 0 Å². The van der Waals surface area contributed by atoms with Gasteiger partial charge in [-0.1, -0.05) is 50.1 Å². The molecule has 0 radical (unpaired) electrons. The molecule has 0 aromatic heterocycles. The third-order valence-corrected chi connectivity index (χ3v) is 6.23. The molecule has 1 spiro atoms. The average molecular weight is 261 g/mol. The van der Waals surface area contributed by atoms with Crippen molar-refractivity contribution in [3.63, 3.8) is 0 Å². The Morgan fingerprint density at radius 1 is 1.28 bits per heavy atom. The van der Waals surface area contributed by atoms with Gasteiger partial charge in [0.1, 0.15) is 0 Å². The summed E-state index contributed by atoms with van der Waals surface area (Å²) in [6.45, 7) is 2.30. The molecule has 2 fully saturated rings. The molecule has 3 atom stereocenters. The summed E-state index contributed by atoms with van der Waals surface area (Å²) in [6, 6.07) is 11.9. The Balaban J connectivity index is 1.87. The van der Waals surface area contributed by atoms with Gasteiger partial charge in [0.15, 0.2) is 0 Å². The Hall–Kier alpha value is -0.470. The van der Waals surface area contributed by atoms with Crippen LogP contribution in [0, 0.1) is 0 Å². The highest BCUT2D eigenvalue weighted by Gasteiger charge is 2.46. The molecule has 3 unspecified atom stereocenters. The molecule has 1 N–H and O–H groups in total. The first kappa shape index (κ1) is 12.6. The van der Waals surface area contributed by atoms with Crippen LogP contribution in [-0.2, 0) is 0 Å². The Labute approximate surface area is 115 Å². The number of nitrogens with one attached hydrogen (secondary N) is 1. The lowest BCUT2D eigenvalue weighted by Crippen LogP contribution is -2.48. The van der Waals surface area contributed by atoms with Crippen LogP contribution in [-0.4, -0.2) is 16.7 Å². The predicted molar refractivity (Wildman–Crippen MR) is 80.1 cm³/mol. The van der Waals surface area contributed by atoms with Crippen molar-refractivity contribution in [1.82, 2.24) is 5.32 Å². The van der Waals surface area contributed by atoms with Crippen LogP contribution in [0.1, 0.15) is 50.5 Å². The maximum Gasteiger partial charge on any atom is 0.0717 e. The van der Waals surface area contributed by atoms with Crippen LogP contribution in [0.4, 0.5) is 0 Å². The van der Waals surface area contributed by atoms with E-state index in [0.29, 0.717) is 10.8 Å². The maximum atomic E-state index is 3.97. The van der Waals surface area contributed by atoms with Crippen LogP contribution in [0.2, 0.25) is 0 Å². The van der Waals surface area contributed by atoms with E-state index in [1.54, 1.807) is 0 Å². The highest BCUT2D eigenvalue weighted by atomic mass is 32.2. The predicted octanol–water partition coefficient (Wildman–Crippen LogP) is 4.16. The minimum atomic E-state index is 0.334. The molecule has 1 aliphatic carbocycles. The van der Waals surface area contributed by atoms with Crippen LogP contribution in [0.5, 0.6) is 0 Å². The van der Waals surface area contributed by atoms with E-state index in [4.69, 9.17) is 0 Å². The van der Waals surface area contributed by atoms with Crippen LogP contribution >= 0.6 is 11.8 Å². The number of rotatable bonds is 2. The second kappa shape index (κ2) is 5.26. The van der Waals surface area contributed by atoms with Gasteiger partial charge in [-0.25, -0.2) is 0 Å². The van der Waals surface area contributed by atoms with Gasteiger partial charge in [0.25, 0.3) is 0 Å². The third kappa shape index (κ3) is 2.21. The van der Waals surface area contributed by atoms with Crippen molar-refractivity contribution in [2.24, 2.45) is 0 Å². The summed E-state index contributed by atoms with van der Waals surface area (Å²) in [6.07, 6.45) is 6.73. The molecular formula is C16H23NS. The molecule has 1 aromatic rings. The number of benzene rings is 1. The van der Waals surface area contributed by atoms with Gasteiger partial charge >= 0.3 is 0 Å². The van der Waals surface area contributed by atoms with Gasteiger partial charge in [-0.3, -0.25) is 5.32 Å². The topological polar surface area (TPSA) is 12.0 Å². The standard InChI is InChI=1S/C16H23NS/c1-2-14-12-18-16(17-14)11-7-6-10-15(16)13-8-4-3-5-9-13/h3-5,8-9,14-15,17H,2,6-7,10-12H2,1H3. The summed E-state index contributed by atoms with van der Waals surface area (Å²) in [5, 5.41) is 3.97.